The topological polar surface area (TPSA) is 81.4 Å². The number of esters is 1. The molecule has 1 rings (SSSR count). The van der Waals surface area contributed by atoms with Crippen LogP contribution in [0, 0.1) is 0 Å². The molecule has 0 fully saturated rings. The van der Waals surface area contributed by atoms with E-state index >= 15 is 0 Å². The van der Waals surface area contributed by atoms with Crippen LogP contribution in [0.3, 0.4) is 0 Å². The molecule has 0 radical (unpaired) electrons. The van der Waals surface area contributed by atoms with Crippen molar-refractivity contribution in [1.29, 1.82) is 0 Å². The zero-order valence-electron chi connectivity index (χ0n) is 8.32. The van der Waals surface area contributed by atoms with E-state index in [1.165, 1.54) is 18.2 Å². The van der Waals surface area contributed by atoms with Crippen LogP contribution in [0.1, 0.15) is 27.6 Å². The van der Waals surface area contributed by atoms with Crippen LogP contribution in [0.25, 0.3) is 0 Å². The van der Waals surface area contributed by atoms with Gasteiger partial charge in [-0.1, -0.05) is 0 Å². The smallest absolute Gasteiger partial charge is 0.338 e. The molecule has 0 aromatic heterocycles. The van der Waals surface area contributed by atoms with Gasteiger partial charge in [-0.3, -0.25) is 10.6 Å². The molecular formula is C10H12N2O3. The lowest BCUT2D eigenvalue weighted by Gasteiger charge is -2.05. The van der Waals surface area contributed by atoms with E-state index in [9.17, 15) is 9.59 Å². The average Bonchev–Trinajstić information content (AvgIpc) is 2.28. The predicted molar refractivity (Wildman–Crippen MR) is 55.6 cm³/mol. The molecular weight excluding hydrogens is 196 g/mol. The van der Waals surface area contributed by atoms with Crippen molar-refractivity contribution in [2.75, 3.05) is 12.0 Å². The van der Waals surface area contributed by atoms with Gasteiger partial charge >= 0.3 is 5.97 Å². The molecule has 0 heterocycles. The van der Waals surface area contributed by atoms with Crippen LogP contribution in [0.4, 0.5) is 5.69 Å². The highest BCUT2D eigenvalue weighted by Gasteiger charge is 2.08. The Kier molecular flexibility index (Phi) is 3.82. The van der Waals surface area contributed by atoms with Crippen molar-refractivity contribution < 1.29 is 14.3 Å². The van der Waals surface area contributed by atoms with Gasteiger partial charge in [-0.25, -0.2) is 4.79 Å². The number of benzene rings is 1. The number of carbonyl (C=O) groups excluding carboxylic acids is 2. The second kappa shape index (κ2) is 5.11. The second-order valence-corrected chi connectivity index (χ2v) is 2.83. The predicted octanol–water partition coefficient (Wildman–Crippen LogP) is 0.961. The normalized spacial score (nSPS) is 9.47. The maximum absolute atomic E-state index is 11.4. The number of carbonyl (C=O) groups is 2. The van der Waals surface area contributed by atoms with Crippen molar-refractivity contribution >= 4 is 17.9 Å². The van der Waals surface area contributed by atoms with E-state index in [2.05, 4.69) is 5.43 Å². The summed E-state index contributed by atoms with van der Waals surface area (Å²) in [5.41, 5.74) is 3.53. The molecule has 0 amide bonds. The number of aldehydes is 1. The zero-order valence-corrected chi connectivity index (χ0v) is 8.32. The summed E-state index contributed by atoms with van der Waals surface area (Å²) in [6.45, 7) is 2.00. The quantitative estimate of drug-likeness (QED) is 0.333. The molecule has 0 bridgehead atoms. The monoisotopic (exact) mass is 208 g/mol. The molecule has 3 N–H and O–H groups in total. The maximum atomic E-state index is 11.4. The second-order valence-electron chi connectivity index (χ2n) is 2.83. The largest absolute Gasteiger partial charge is 0.462 e. The van der Waals surface area contributed by atoms with Crippen LogP contribution in [0.15, 0.2) is 18.2 Å². The zero-order chi connectivity index (χ0) is 11.3. The molecule has 5 heteroatoms. The van der Waals surface area contributed by atoms with E-state index in [1.54, 1.807) is 6.92 Å². The first-order valence-electron chi connectivity index (χ1n) is 4.45. The molecule has 1 aromatic rings. The minimum absolute atomic E-state index is 0.287. The lowest BCUT2D eigenvalue weighted by atomic mass is 10.1. The molecule has 5 nitrogen and oxygen atoms in total. The van der Waals surface area contributed by atoms with Gasteiger partial charge in [0.05, 0.1) is 17.9 Å². The number of hydrazine groups is 1. The Balaban J connectivity index is 3.06. The lowest BCUT2D eigenvalue weighted by molar-refractivity contribution is 0.0526. The Hall–Kier alpha value is -1.88. The Bertz CT molecular complexity index is 377. The molecule has 80 valence electrons. The van der Waals surface area contributed by atoms with E-state index in [0.29, 0.717) is 23.1 Å². The third-order valence-electron chi connectivity index (χ3n) is 1.77. The summed E-state index contributed by atoms with van der Waals surface area (Å²) in [4.78, 5) is 22.0. The van der Waals surface area contributed by atoms with Gasteiger partial charge in [0.15, 0.2) is 0 Å². The fourth-order valence-electron chi connectivity index (χ4n) is 1.14. The fraction of sp³-hybridized carbons (Fsp3) is 0.200. The van der Waals surface area contributed by atoms with Crippen LogP contribution in [-0.2, 0) is 4.74 Å². The van der Waals surface area contributed by atoms with E-state index in [1.807, 2.05) is 0 Å². The molecule has 0 aliphatic heterocycles. The van der Waals surface area contributed by atoms with Crippen LogP contribution in [0.2, 0.25) is 0 Å². The molecule has 0 atom stereocenters. The minimum atomic E-state index is -0.474. The van der Waals surface area contributed by atoms with E-state index < -0.39 is 5.97 Å². The first kappa shape index (κ1) is 11.2. The number of nitrogens with two attached hydrogens (primary N) is 1. The van der Waals surface area contributed by atoms with Crippen LogP contribution in [0.5, 0.6) is 0 Å². The Morgan fingerprint density at radius 1 is 1.53 bits per heavy atom. The molecule has 0 aliphatic carbocycles. The summed E-state index contributed by atoms with van der Waals surface area (Å²) in [5, 5.41) is 0. The summed E-state index contributed by atoms with van der Waals surface area (Å²) in [5.74, 6) is 4.72. The Morgan fingerprint density at radius 3 is 2.80 bits per heavy atom. The standard InChI is InChI=1S/C10H12N2O3/c1-2-15-10(14)8-3-7(6-13)4-9(5-8)12-11/h3-6,12H,2,11H2,1H3. The van der Waals surface area contributed by atoms with Crippen LogP contribution in [-0.4, -0.2) is 18.9 Å². The molecule has 1 aromatic carbocycles. The van der Waals surface area contributed by atoms with Crippen molar-refractivity contribution in [3.05, 3.63) is 29.3 Å². The first-order valence-corrected chi connectivity index (χ1v) is 4.45. The molecule has 0 saturated heterocycles. The van der Waals surface area contributed by atoms with Crippen LogP contribution >= 0.6 is 0 Å². The minimum Gasteiger partial charge on any atom is -0.462 e. The maximum Gasteiger partial charge on any atom is 0.338 e. The summed E-state index contributed by atoms with van der Waals surface area (Å²) < 4.78 is 4.80. The number of nitrogens with one attached hydrogen (secondary N) is 1. The van der Waals surface area contributed by atoms with E-state index in [-0.39, 0.29) is 6.61 Å². The Morgan fingerprint density at radius 2 is 2.27 bits per heavy atom. The summed E-state index contributed by atoms with van der Waals surface area (Å²) in [6, 6.07) is 4.51. The van der Waals surface area contributed by atoms with E-state index in [4.69, 9.17) is 10.6 Å². The molecule has 15 heavy (non-hydrogen) atoms. The van der Waals surface area contributed by atoms with Gasteiger partial charge in [0.25, 0.3) is 0 Å². The number of hydrogen-bond donors (Lipinski definition) is 2. The molecule has 0 saturated carbocycles. The molecule has 0 spiro atoms. The van der Waals surface area contributed by atoms with Crippen molar-refractivity contribution in [1.82, 2.24) is 0 Å². The van der Waals surface area contributed by atoms with Gasteiger partial charge in [-0.2, -0.15) is 0 Å². The van der Waals surface area contributed by atoms with E-state index in [0.717, 1.165) is 0 Å². The highest BCUT2D eigenvalue weighted by Crippen LogP contribution is 2.13. The first-order chi connectivity index (χ1) is 7.21. The lowest BCUT2D eigenvalue weighted by Crippen LogP contribution is -2.10. The van der Waals surface area contributed by atoms with Gasteiger partial charge in [-0.15, -0.1) is 0 Å². The summed E-state index contributed by atoms with van der Waals surface area (Å²) in [6.07, 6.45) is 0.642. The van der Waals surface area contributed by atoms with Gasteiger partial charge in [0.1, 0.15) is 6.29 Å². The molecule has 0 unspecified atom stereocenters. The van der Waals surface area contributed by atoms with Crippen molar-refractivity contribution in [2.24, 2.45) is 5.84 Å². The Labute approximate surface area is 87.2 Å². The SMILES string of the molecule is CCOC(=O)c1cc(C=O)cc(NN)c1. The third-order valence-corrected chi connectivity index (χ3v) is 1.77. The van der Waals surface area contributed by atoms with Crippen molar-refractivity contribution in [3.63, 3.8) is 0 Å². The summed E-state index contributed by atoms with van der Waals surface area (Å²) in [7, 11) is 0. The number of rotatable bonds is 4. The van der Waals surface area contributed by atoms with Gasteiger partial charge in [-0.05, 0) is 25.1 Å². The van der Waals surface area contributed by atoms with Gasteiger partial charge in [0, 0.05) is 5.56 Å². The van der Waals surface area contributed by atoms with Gasteiger partial charge in [0.2, 0.25) is 0 Å². The van der Waals surface area contributed by atoms with Crippen molar-refractivity contribution in [3.8, 4) is 0 Å². The highest BCUT2D eigenvalue weighted by atomic mass is 16.5. The van der Waals surface area contributed by atoms with Gasteiger partial charge < -0.3 is 10.2 Å². The molecule has 0 aliphatic rings. The fourth-order valence-corrected chi connectivity index (χ4v) is 1.14. The van der Waals surface area contributed by atoms with Crippen LogP contribution < -0.4 is 11.3 Å². The summed E-state index contributed by atoms with van der Waals surface area (Å²) >= 11 is 0. The number of ether oxygens (including phenoxy) is 1. The number of hydrogen-bond acceptors (Lipinski definition) is 5. The number of anilines is 1. The van der Waals surface area contributed by atoms with Crippen molar-refractivity contribution in [2.45, 2.75) is 6.92 Å². The highest BCUT2D eigenvalue weighted by molar-refractivity contribution is 5.93. The average molecular weight is 208 g/mol. The third kappa shape index (κ3) is 2.78. The number of nitrogen functional groups attached to an aromatic ring is 1.